The summed E-state index contributed by atoms with van der Waals surface area (Å²) in [6, 6.07) is 7.46. The topological polar surface area (TPSA) is 12.0 Å². The number of aryl methyl sites for hydroxylation is 2. The minimum absolute atomic E-state index is 0.659. The normalized spacial score (nSPS) is 18.8. The maximum atomic E-state index is 3.72. The van der Waals surface area contributed by atoms with Gasteiger partial charge in [0.05, 0.1) is 0 Å². The summed E-state index contributed by atoms with van der Waals surface area (Å²) >= 11 is 0. The molecule has 0 bridgehead atoms. The van der Waals surface area contributed by atoms with E-state index in [0.717, 1.165) is 12.5 Å². The molecule has 0 unspecified atom stereocenters. The van der Waals surface area contributed by atoms with Crippen LogP contribution in [0.3, 0.4) is 0 Å². The second kappa shape index (κ2) is 6.38. The fraction of sp³-hybridized carbons (Fsp3) is 0.647. The average Bonchev–Trinajstić information content (AvgIpc) is 2.41. The molecule has 0 aromatic heterocycles. The summed E-state index contributed by atoms with van der Waals surface area (Å²) in [7, 11) is 0. The van der Waals surface area contributed by atoms with E-state index < -0.39 is 0 Å². The molecule has 1 aromatic rings. The van der Waals surface area contributed by atoms with E-state index in [9.17, 15) is 0 Å². The smallest absolute Gasteiger partial charge is 0.0208 e. The summed E-state index contributed by atoms with van der Waals surface area (Å²) in [6.07, 6.45) is 7.14. The quantitative estimate of drug-likeness (QED) is 0.831. The Morgan fingerprint density at radius 1 is 1.11 bits per heavy atom. The molecule has 0 heterocycles. The van der Waals surface area contributed by atoms with Crippen LogP contribution in [0.15, 0.2) is 18.2 Å². The highest BCUT2D eigenvalue weighted by atomic mass is 14.9. The van der Waals surface area contributed by atoms with Gasteiger partial charge in [0, 0.05) is 12.6 Å². The van der Waals surface area contributed by atoms with Gasteiger partial charge in [-0.1, -0.05) is 37.5 Å². The Labute approximate surface area is 112 Å². The average molecular weight is 245 g/mol. The van der Waals surface area contributed by atoms with E-state index in [4.69, 9.17) is 0 Å². The van der Waals surface area contributed by atoms with Gasteiger partial charge in [-0.15, -0.1) is 0 Å². The third kappa shape index (κ3) is 3.58. The van der Waals surface area contributed by atoms with E-state index in [2.05, 4.69) is 44.3 Å². The third-order valence-electron chi connectivity index (χ3n) is 4.56. The van der Waals surface area contributed by atoms with Gasteiger partial charge in [0.1, 0.15) is 0 Å². The van der Waals surface area contributed by atoms with E-state index in [1.165, 1.54) is 48.8 Å². The lowest BCUT2D eigenvalue weighted by Gasteiger charge is -2.28. The fourth-order valence-corrected chi connectivity index (χ4v) is 2.99. The second-order valence-corrected chi connectivity index (χ2v) is 5.99. The van der Waals surface area contributed by atoms with E-state index in [-0.39, 0.29) is 0 Å². The summed E-state index contributed by atoms with van der Waals surface area (Å²) in [4.78, 5) is 0. The lowest BCUT2D eigenvalue weighted by molar-refractivity contribution is 0.280. The van der Waals surface area contributed by atoms with Crippen LogP contribution < -0.4 is 5.32 Å². The number of nitrogens with one attached hydrogen (secondary N) is 1. The Morgan fingerprint density at radius 2 is 1.83 bits per heavy atom. The largest absolute Gasteiger partial charge is 0.310 e. The third-order valence-corrected chi connectivity index (χ3v) is 4.56. The SMILES string of the molecule is Cc1ccc(CN[C@H](C)C2CCCCC2)cc1C. The van der Waals surface area contributed by atoms with Crippen LogP contribution in [0.4, 0.5) is 0 Å². The minimum Gasteiger partial charge on any atom is -0.310 e. The molecule has 18 heavy (non-hydrogen) atoms. The molecule has 0 amide bonds. The molecule has 100 valence electrons. The lowest BCUT2D eigenvalue weighted by atomic mass is 9.84. The summed E-state index contributed by atoms with van der Waals surface area (Å²) in [6.45, 7) is 7.75. The first-order valence-corrected chi connectivity index (χ1v) is 7.46. The van der Waals surface area contributed by atoms with Gasteiger partial charge >= 0.3 is 0 Å². The molecule has 1 heteroatoms. The molecule has 1 N–H and O–H groups in total. The van der Waals surface area contributed by atoms with E-state index in [1.54, 1.807) is 0 Å². The van der Waals surface area contributed by atoms with Crippen molar-refractivity contribution in [2.45, 2.75) is 65.5 Å². The zero-order valence-electron chi connectivity index (χ0n) is 12.1. The van der Waals surface area contributed by atoms with Crippen LogP contribution in [0.5, 0.6) is 0 Å². The van der Waals surface area contributed by atoms with Crippen molar-refractivity contribution < 1.29 is 0 Å². The van der Waals surface area contributed by atoms with Crippen LogP contribution in [-0.2, 0) is 6.54 Å². The molecular weight excluding hydrogens is 218 g/mol. The molecule has 0 aliphatic heterocycles. The van der Waals surface area contributed by atoms with Crippen LogP contribution in [-0.4, -0.2) is 6.04 Å². The van der Waals surface area contributed by atoms with E-state index in [0.29, 0.717) is 6.04 Å². The van der Waals surface area contributed by atoms with Crippen LogP contribution in [0.25, 0.3) is 0 Å². The number of rotatable bonds is 4. The molecule has 1 fully saturated rings. The van der Waals surface area contributed by atoms with Crippen molar-refractivity contribution in [3.8, 4) is 0 Å². The molecule has 1 saturated carbocycles. The van der Waals surface area contributed by atoms with Crippen molar-refractivity contribution in [1.29, 1.82) is 0 Å². The fourth-order valence-electron chi connectivity index (χ4n) is 2.99. The van der Waals surface area contributed by atoms with E-state index in [1.807, 2.05) is 0 Å². The zero-order chi connectivity index (χ0) is 13.0. The van der Waals surface area contributed by atoms with Crippen LogP contribution in [0.2, 0.25) is 0 Å². The molecule has 0 saturated heterocycles. The maximum absolute atomic E-state index is 3.72. The van der Waals surface area contributed by atoms with Gasteiger partial charge in [0.15, 0.2) is 0 Å². The minimum atomic E-state index is 0.659. The predicted octanol–water partition coefficient (Wildman–Crippen LogP) is 4.36. The van der Waals surface area contributed by atoms with Crippen LogP contribution in [0.1, 0.15) is 55.7 Å². The maximum Gasteiger partial charge on any atom is 0.0208 e. The van der Waals surface area contributed by atoms with Crippen molar-refractivity contribution in [3.05, 3.63) is 34.9 Å². The summed E-state index contributed by atoms with van der Waals surface area (Å²) in [5, 5.41) is 3.72. The predicted molar refractivity (Wildman–Crippen MR) is 78.8 cm³/mol. The Bertz CT molecular complexity index is 377. The monoisotopic (exact) mass is 245 g/mol. The van der Waals surface area contributed by atoms with Crippen LogP contribution >= 0.6 is 0 Å². The van der Waals surface area contributed by atoms with Crippen molar-refractivity contribution in [1.82, 2.24) is 5.32 Å². The first-order valence-electron chi connectivity index (χ1n) is 7.46. The van der Waals surface area contributed by atoms with Gasteiger partial charge in [-0.2, -0.15) is 0 Å². The van der Waals surface area contributed by atoms with Gasteiger partial charge in [-0.05, 0) is 56.2 Å². The van der Waals surface area contributed by atoms with Gasteiger partial charge in [-0.3, -0.25) is 0 Å². The molecule has 2 rings (SSSR count). The molecule has 1 aromatic carbocycles. The summed E-state index contributed by atoms with van der Waals surface area (Å²) < 4.78 is 0. The molecule has 1 aliphatic carbocycles. The van der Waals surface area contributed by atoms with Gasteiger partial charge < -0.3 is 5.32 Å². The highest BCUT2D eigenvalue weighted by molar-refractivity contribution is 5.29. The first-order chi connectivity index (χ1) is 8.66. The lowest BCUT2D eigenvalue weighted by Crippen LogP contribution is -2.34. The highest BCUT2D eigenvalue weighted by Gasteiger charge is 2.19. The summed E-state index contributed by atoms with van der Waals surface area (Å²) in [5.41, 5.74) is 4.21. The molecule has 0 spiro atoms. The Kier molecular flexibility index (Phi) is 4.82. The van der Waals surface area contributed by atoms with Crippen molar-refractivity contribution in [2.24, 2.45) is 5.92 Å². The Hall–Kier alpha value is -0.820. The number of hydrogen-bond donors (Lipinski definition) is 1. The molecule has 1 nitrogen and oxygen atoms in total. The Morgan fingerprint density at radius 3 is 2.50 bits per heavy atom. The Balaban J connectivity index is 1.84. The molecule has 0 radical (unpaired) electrons. The zero-order valence-corrected chi connectivity index (χ0v) is 12.1. The van der Waals surface area contributed by atoms with Crippen molar-refractivity contribution >= 4 is 0 Å². The molecule has 1 atom stereocenters. The number of hydrogen-bond acceptors (Lipinski definition) is 1. The molecular formula is C17H27N. The highest BCUT2D eigenvalue weighted by Crippen LogP contribution is 2.26. The van der Waals surface area contributed by atoms with Crippen molar-refractivity contribution in [3.63, 3.8) is 0 Å². The van der Waals surface area contributed by atoms with Gasteiger partial charge in [-0.25, -0.2) is 0 Å². The van der Waals surface area contributed by atoms with Crippen molar-refractivity contribution in [2.75, 3.05) is 0 Å². The first kappa shape index (κ1) is 13.6. The molecule has 1 aliphatic rings. The van der Waals surface area contributed by atoms with Gasteiger partial charge in [0.2, 0.25) is 0 Å². The van der Waals surface area contributed by atoms with E-state index >= 15 is 0 Å². The van der Waals surface area contributed by atoms with Crippen LogP contribution in [0, 0.1) is 19.8 Å². The number of benzene rings is 1. The van der Waals surface area contributed by atoms with Gasteiger partial charge in [0.25, 0.3) is 0 Å². The second-order valence-electron chi connectivity index (χ2n) is 5.99. The summed E-state index contributed by atoms with van der Waals surface area (Å²) in [5.74, 6) is 0.894. The standard InChI is InChI=1S/C17H27N/c1-13-9-10-16(11-14(13)2)12-18-15(3)17-7-5-4-6-8-17/h9-11,15,17-18H,4-8,12H2,1-3H3/t15-/m1/s1.